The van der Waals surface area contributed by atoms with Gasteiger partial charge in [-0.05, 0) is 37.3 Å². The van der Waals surface area contributed by atoms with Crippen molar-refractivity contribution >= 4 is 34.5 Å². The van der Waals surface area contributed by atoms with E-state index in [1.807, 2.05) is 37.3 Å². The van der Waals surface area contributed by atoms with Crippen molar-refractivity contribution in [2.45, 2.75) is 6.92 Å². The lowest BCUT2D eigenvalue weighted by Gasteiger charge is -2.07. The number of allylic oxidation sites excluding steroid dienone is 1. The molecular weight excluding hydrogens is 302 g/mol. The molecule has 7 heteroatoms. The van der Waals surface area contributed by atoms with E-state index in [2.05, 4.69) is 30.5 Å². The van der Waals surface area contributed by atoms with Gasteiger partial charge >= 0.3 is 0 Å². The van der Waals surface area contributed by atoms with Crippen molar-refractivity contribution in [3.05, 3.63) is 54.0 Å². The van der Waals surface area contributed by atoms with Crippen LogP contribution in [0.15, 0.2) is 47.7 Å². The van der Waals surface area contributed by atoms with Crippen LogP contribution < -0.4 is 11.1 Å². The molecular formula is C17H17N7. The largest absolute Gasteiger partial charge is 0.404 e. The number of fused-ring (bicyclic) bond motifs is 1. The van der Waals surface area contributed by atoms with Crippen molar-refractivity contribution in [3.63, 3.8) is 0 Å². The lowest BCUT2D eigenvalue weighted by atomic mass is 10.1. The number of hydrogen-bond acceptors (Lipinski definition) is 7. The lowest BCUT2D eigenvalue weighted by molar-refractivity contribution is 0.984. The van der Waals surface area contributed by atoms with Gasteiger partial charge in [0.05, 0.1) is 16.7 Å². The summed E-state index contributed by atoms with van der Waals surface area (Å²) in [5, 5.41) is 11.2. The number of nitrogens with one attached hydrogen (secondary N) is 1. The normalized spacial score (nSPS) is 12.0. The van der Waals surface area contributed by atoms with Crippen LogP contribution in [-0.2, 0) is 0 Å². The molecule has 0 saturated heterocycles. The fraction of sp³-hybridized carbons (Fsp3) is 0.118. The number of aromatic nitrogens is 4. The summed E-state index contributed by atoms with van der Waals surface area (Å²) in [7, 11) is 1.70. The predicted octanol–water partition coefficient (Wildman–Crippen LogP) is 2.47. The van der Waals surface area contributed by atoms with Crippen molar-refractivity contribution in [2.24, 2.45) is 10.7 Å². The highest BCUT2D eigenvalue weighted by Gasteiger charge is 2.05. The van der Waals surface area contributed by atoms with Crippen LogP contribution in [0.5, 0.6) is 0 Å². The second-order valence-electron chi connectivity index (χ2n) is 5.15. The Bertz CT molecular complexity index is 914. The molecule has 3 aromatic heterocycles. The molecule has 0 bridgehead atoms. The topological polar surface area (TPSA) is 102 Å². The molecule has 0 aliphatic heterocycles. The third-order valence-corrected chi connectivity index (χ3v) is 3.37. The zero-order valence-corrected chi connectivity index (χ0v) is 13.4. The van der Waals surface area contributed by atoms with Crippen molar-refractivity contribution < 1.29 is 0 Å². The van der Waals surface area contributed by atoms with Crippen LogP contribution in [0.2, 0.25) is 0 Å². The second-order valence-corrected chi connectivity index (χ2v) is 5.15. The number of aliphatic imine (C=N–C) groups is 1. The van der Waals surface area contributed by atoms with Gasteiger partial charge in [0.15, 0.2) is 5.82 Å². The van der Waals surface area contributed by atoms with E-state index < -0.39 is 0 Å². The lowest BCUT2D eigenvalue weighted by Crippen LogP contribution is -1.99. The summed E-state index contributed by atoms with van der Waals surface area (Å²) >= 11 is 0. The molecule has 0 saturated carbocycles. The zero-order chi connectivity index (χ0) is 16.9. The first kappa shape index (κ1) is 15.5. The Balaban J connectivity index is 1.95. The molecule has 0 aliphatic carbocycles. The summed E-state index contributed by atoms with van der Waals surface area (Å²) in [5.74, 6) is 1.30. The minimum Gasteiger partial charge on any atom is -0.404 e. The van der Waals surface area contributed by atoms with Crippen molar-refractivity contribution in [2.75, 3.05) is 12.4 Å². The van der Waals surface area contributed by atoms with Crippen LogP contribution in [0.25, 0.3) is 16.6 Å². The number of rotatable bonds is 4. The Morgan fingerprint density at radius 2 is 1.96 bits per heavy atom. The summed E-state index contributed by atoms with van der Waals surface area (Å²) in [6.45, 7) is 1.89. The second kappa shape index (κ2) is 6.82. The molecule has 24 heavy (non-hydrogen) atoms. The maximum absolute atomic E-state index is 5.65. The van der Waals surface area contributed by atoms with E-state index in [1.54, 1.807) is 19.5 Å². The van der Waals surface area contributed by atoms with Crippen LogP contribution in [0, 0.1) is 6.92 Å². The molecule has 3 heterocycles. The molecule has 120 valence electrons. The summed E-state index contributed by atoms with van der Waals surface area (Å²) < 4.78 is 0. The maximum atomic E-state index is 5.65. The third kappa shape index (κ3) is 3.35. The summed E-state index contributed by atoms with van der Waals surface area (Å²) in [6, 6.07) is 9.42. The molecule has 3 rings (SSSR count). The molecule has 0 unspecified atom stereocenters. The van der Waals surface area contributed by atoms with Gasteiger partial charge in [0.1, 0.15) is 5.82 Å². The van der Waals surface area contributed by atoms with Crippen LogP contribution in [-0.4, -0.2) is 33.4 Å². The van der Waals surface area contributed by atoms with E-state index in [9.17, 15) is 0 Å². The average Bonchev–Trinajstić information content (AvgIpc) is 2.61. The predicted molar refractivity (Wildman–Crippen MR) is 96.2 cm³/mol. The molecule has 0 spiro atoms. The molecule has 0 aliphatic rings. The van der Waals surface area contributed by atoms with Gasteiger partial charge in [0.2, 0.25) is 0 Å². The number of anilines is 2. The monoisotopic (exact) mass is 319 g/mol. The first-order valence-electron chi connectivity index (χ1n) is 7.38. The summed E-state index contributed by atoms with van der Waals surface area (Å²) in [5.41, 5.74) is 9.70. The van der Waals surface area contributed by atoms with Crippen LogP contribution in [0.4, 0.5) is 11.6 Å². The Morgan fingerprint density at radius 1 is 1.12 bits per heavy atom. The van der Waals surface area contributed by atoms with Gasteiger partial charge in [0.25, 0.3) is 0 Å². The summed E-state index contributed by atoms with van der Waals surface area (Å²) in [4.78, 5) is 13.0. The fourth-order valence-electron chi connectivity index (χ4n) is 2.18. The number of nitrogens with two attached hydrogens (primary N) is 1. The van der Waals surface area contributed by atoms with E-state index in [4.69, 9.17) is 5.73 Å². The standard InChI is InChI=1S/C17H17N7/c1-11-3-5-17(24-23-11)22-16-6-4-14-15(21-16)7-12(10-20-14)13(8-18)9-19-2/h3-10H,18H2,1-2H3,(H,21,22,24). The molecule has 0 amide bonds. The minimum absolute atomic E-state index is 0.636. The Kier molecular flexibility index (Phi) is 4.42. The first-order valence-corrected chi connectivity index (χ1v) is 7.38. The molecule has 3 N–H and O–H groups in total. The molecule has 0 radical (unpaired) electrons. The van der Waals surface area contributed by atoms with Gasteiger partial charge in [-0.3, -0.25) is 9.98 Å². The smallest absolute Gasteiger partial charge is 0.154 e. The number of hydrogen-bond donors (Lipinski definition) is 2. The maximum Gasteiger partial charge on any atom is 0.154 e. The van der Waals surface area contributed by atoms with Gasteiger partial charge in [0, 0.05) is 36.8 Å². The Hall–Kier alpha value is -3.35. The van der Waals surface area contributed by atoms with Crippen LogP contribution in [0.1, 0.15) is 11.3 Å². The Labute approximate surface area is 139 Å². The summed E-state index contributed by atoms with van der Waals surface area (Å²) in [6.07, 6.45) is 4.94. The van der Waals surface area contributed by atoms with Crippen molar-refractivity contribution in [1.29, 1.82) is 0 Å². The quantitative estimate of drug-likeness (QED) is 0.716. The van der Waals surface area contributed by atoms with Gasteiger partial charge in [-0.2, -0.15) is 5.10 Å². The van der Waals surface area contributed by atoms with Gasteiger partial charge < -0.3 is 11.1 Å². The zero-order valence-electron chi connectivity index (χ0n) is 13.4. The molecule has 3 aromatic rings. The minimum atomic E-state index is 0.636. The van der Waals surface area contributed by atoms with Crippen LogP contribution in [0.3, 0.4) is 0 Å². The third-order valence-electron chi connectivity index (χ3n) is 3.37. The van der Waals surface area contributed by atoms with E-state index in [1.165, 1.54) is 6.20 Å². The van der Waals surface area contributed by atoms with E-state index >= 15 is 0 Å². The molecule has 0 aromatic carbocycles. The van der Waals surface area contributed by atoms with Gasteiger partial charge in [-0.25, -0.2) is 4.98 Å². The molecule has 7 nitrogen and oxygen atoms in total. The number of aryl methyl sites for hydroxylation is 1. The molecule has 0 atom stereocenters. The van der Waals surface area contributed by atoms with E-state index in [0.717, 1.165) is 27.9 Å². The fourth-order valence-corrected chi connectivity index (χ4v) is 2.18. The highest BCUT2D eigenvalue weighted by molar-refractivity contribution is 6.10. The highest BCUT2D eigenvalue weighted by Crippen LogP contribution is 2.20. The van der Waals surface area contributed by atoms with Crippen molar-refractivity contribution in [1.82, 2.24) is 20.2 Å². The SMILES string of the molecule is CN=CC(=CN)c1cnc2ccc(Nc3ccc(C)nn3)nc2c1. The Morgan fingerprint density at radius 3 is 2.67 bits per heavy atom. The number of pyridine rings is 2. The highest BCUT2D eigenvalue weighted by atomic mass is 15.2. The first-order chi connectivity index (χ1) is 11.7. The number of nitrogens with zero attached hydrogens (tertiary/aromatic N) is 5. The van der Waals surface area contributed by atoms with Crippen molar-refractivity contribution in [3.8, 4) is 0 Å². The van der Waals surface area contributed by atoms with Gasteiger partial charge in [-0.15, -0.1) is 5.10 Å². The van der Waals surface area contributed by atoms with Crippen LogP contribution >= 0.6 is 0 Å². The average molecular weight is 319 g/mol. The van der Waals surface area contributed by atoms with Gasteiger partial charge in [-0.1, -0.05) is 0 Å². The van der Waals surface area contributed by atoms with E-state index in [0.29, 0.717) is 11.6 Å². The van der Waals surface area contributed by atoms with E-state index in [-0.39, 0.29) is 0 Å². The molecule has 0 fully saturated rings.